The Kier molecular flexibility index (Phi) is 2.05. The Morgan fingerprint density at radius 2 is 2.09 bits per heavy atom. The summed E-state index contributed by atoms with van der Waals surface area (Å²) in [7, 11) is 1.32. The van der Waals surface area contributed by atoms with Gasteiger partial charge in [0.2, 0.25) is 0 Å². The molecule has 0 atom stereocenters. The van der Waals surface area contributed by atoms with Crippen molar-refractivity contribution in [2.75, 3.05) is 7.11 Å². The van der Waals surface area contributed by atoms with Gasteiger partial charge in [0.25, 0.3) is 0 Å². The quantitative estimate of drug-likeness (QED) is 0.260. The molecule has 0 aliphatic heterocycles. The summed E-state index contributed by atoms with van der Waals surface area (Å²) in [5, 5.41) is 10.5. The third-order valence-corrected chi connectivity index (χ3v) is 1.60. The molecule has 0 amide bonds. The maximum Gasteiger partial charge on any atom is 0.364 e. The lowest BCUT2D eigenvalue weighted by Gasteiger charge is -2.17. The Balaban J connectivity index is 2.90. The van der Waals surface area contributed by atoms with Crippen LogP contribution in [0.15, 0.2) is 24.3 Å². The number of hydrogen-bond acceptors (Lipinski definition) is 3. The van der Waals surface area contributed by atoms with E-state index in [0.717, 1.165) is 6.42 Å². The van der Waals surface area contributed by atoms with Crippen molar-refractivity contribution in [2.24, 2.45) is 0 Å². The summed E-state index contributed by atoms with van der Waals surface area (Å²) in [5.41, 5.74) is -1.42. The standard InChI is InChI=1S/C7H9NO3/c1-11-7(8(9)10)5-3-2-4-6-7/h3-6H,2H2,1H3. The molecule has 0 aromatic heterocycles. The topological polar surface area (TPSA) is 52.4 Å². The molecule has 1 aliphatic rings. The second kappa shape index (κ2) is 2.84. The third kappa shape index (κ3) is 1.30. The van der Waals surface area contributed by atoms with E-state index in [1.54, 1.807) is 12.2 Å². The highest BCUT2D eigenvalue weighted by atomic mass is 16.7. The van der Waals surface area contributed by atoms with Crippen LogP contribution in [0, 0.1) is 10.1 Å². The van der Waals surface area contributed by atoms with E-state index < -0.39 is 10.6 Å². The highest BCUT2D eigenvalue weighted by molar-refractivity contribution is 5.15. The fraction of sp³-hybridized carbons (Fsp3) is 0.429. The zero-order chi connectivity index (χ0) is 8.32. The summed E-state index contributed by atoms with van der Waals surface area (Å²) < 4.78 is 4.77. The zero-order valence-electron chi connectivity index (χ0n) is 6.19. The molecule has 60 valence electrons. The van der Waals surface area contributed by atoms with Gasteiger partial charge in [-0.25, -0.2) is 0 Å². The monoisotopic (exact) mass is 155 g/mol. The lowest BCUT2D eigenvalue weighted by Crippen LogP contribution is -2.36. The summed E-state index contributed by atoms with van der Waals surface area (Å²) in [5.74, 6) is 0. The van der Waals surface area contributed by atoms with E-state index in [4.69, 9.17) is 4.74 Å². The summed E-state index contributed by atoms with van der Waals surface area (Å²) >= 11 is 0. The van der Waals surface area contributed by atoms with Crippen LogP contribution in [0.5, 0.6) is 0 Å². The van der Waals surface area contributed by atoms with Crippen molar-refractivity contribution in [3.05, 3.63) is 34.4 Å². The molecular formula is C7H9NO3. The number of ether oxygens (including phenoxy) is 1. The molecule has 0 fully saturated rings. The normalized spacial score (nSPS) is 20.1. The van der Waals surface area contributed by atoms with Crippen LogP contribution in [0.25, 0.3) is 0 Å². The van der Waals surface area contributed by atoms with Gasteiger partial charge in [-0.05, 0) is 6.42 Å². The van der Waals surface area contributed by atoms with E-state index in [-0.39, 0.29) is 0 Å². The van der Waals surface area contributed by atoms with Gasteiger partial charge < -0.3 is 4.74 Å². The van der Waals surface area contributed by atoms with Crippen LogP contribution in [-0.2, 0) is 4.74 Å². The molecule has 4 nitrogen and oxygen atoms in total. The Labute approximate surface area is 64.3 Å². The Hall–Kier alpha value is -1.16. The van der Waals surface area contributed by atoms with E-state index in [1.165, 1.54) is 19.3 Å². The van der Waals surface area contributed by atoms with Gasteiger partial charge in [-0.3, -0.25) is 10.1 Å². The lowest BCUT2D eigenvalue weighted by atomic mass is 10.1. The van der Waals surface area contributed by atoms with Crippen LogP contribution < -0.4 is 0 Å². The molecule has 0 aromatic carbocycles. The Bertz CT molecular complexity index is 208. The van der Waals surface area contributed by atoms with Gasteiger partial charge in [0, 0.05) is 19.3 Å². The first-order chi connectivity index (χ1) is 5.21. The smallest absolute Gasteiger partial charge is 0.311 e. The molecule has 0 unspecified atom stereocenters. The first-order valence-corrected chi connectivity index (χ1v) is 3.26. The lowest BCUT2D eigenvalue weighted by molar-refractivity contribution is -0.594. The zero-order valence-corrected chi connectivity index (χ0v) is 6.19. The number of rotatable bonds is 2. The molecule has 0 aromatic rings. The molecule has 0 heterocycles. The molecule has 1 rings (SSSR count). The molecule has 0 saturated heterocycles. The Morgan fingerprint density at radius 3 is 2.36 bits per heavy atom. The van der Waals surface area contributed by atoms with Crippen molar-refractivity contribution in [1.82, 2.24) is 0 Å². The van der Waals surface area contributed by atoms with Crippen molar-refractivity contribution in [1.29, 1.82) is 0 Å². The minimum absolute atomic E-state index is 0.459. The van der Waals surface area contributed by atoms with Crippen molar-refractivity contribution in [2.45, 2.75) is 12.1 Å². The molecule has 4 heteroatoms. The molecule has 0 spiro atoms. The van der Waals surface area contributed by atoms with Crippen LogP contribution in [0.2, 0.25) is 0 Å². The van der Waals surface area contributed by atoms with Crippen LogP contribution in [0.3, 0.4) is 0 Å². The van der Waals surface area contributed by atoms with E-state index >= 15 is 0 Å². The third-order valence-electron chi connectivity index (χ3n) is 1.60. The fourth-order valence-corrected chi connectivity index (χ4v) is 0.940. The van der Waals surface area contributed by atoms with E-state index in [9.17, 15) is 10.1 Å². The SMILES string of the molecule is COC1([N+](=O)[O-])C=CCC=C1. The van der Waals surface area contributed by atoms with E-state index in [2.05, 4.69) is 0 Å². The van der Waals surface area contributed by atoms with Crippen LogP contribution >= 0.6 is 0 Å². The molecular weight excluding hydrogens is 146 g/mol. The summed E-state index contributed by atoms with van der Waals surface area (Å²) in [6.45, 7) is 0. The molecule has 0 saturated carbocycles. The number of hydrogen-bond donors (Lipinski definition) is 0. The first kappa shape index (κ1) is 7.94. The van der Waals surface area contributed by atoms with Crippen molar-refractivity contribution in [3.63, 3.8) is 0 Å². The maximum absolute atomic E-state index is 10.5. The molecule has 0 N–H and O–H groups in total. The Morgan fingerprint density at radius 1 is 1.55 bits per heavy atom. The minimum Gasteiger partial charge on any atom is -0.311 e. The highest BCUT2D eigenvalue weighted by Gasteiger charge is 2.37. The maximum atomic E-state index is 10.5. The second-order valence-corrected chi connectivity index (χ2v) is 2.25. The number of methoxy groups -OCH3 is 1. The average Bonchev–Trinajstić information content (AvgIpc) is 2.05. The molecule has 0 radical (unpaired) electrons. The summed E-state index contributed by atoms with van der Waals surface area (Å²) in [6.07, 6.45) is 7.07. The number of nitrogens with zero attached hydrogens (tertiary/aromatic N) is 1. The van der Waals surface area contributed by atoms with Gasteiger partial charge >= 0.3 is 5.72 Å². The molecule has 11 heavy (non-hydrogen) atoms. The van der Waals surface area contributed by atoms with E-state index in [1.807, 2.05) is 0 Å². The molecule has 0 bridgehead atoms. The number of allylic oxidation sites excluding steroid dienone is 2. The van der Waals surface area contributed by atoms with Crippen molar-refractivity contribution < 1.29 is 9.66 Å². The fourth-order valence-electron chi connectivity index (χ4n) is 0.940. The summed E-state index contributed by atoms with van der Waals surface area (Å²) in [6, 6.07) is 0. The largest absolute Gasteiger partial charge is 0.364 e. The van der Waals surface area contributed by atoms with Crippen molar-refractivity contribution >= 4 is 0 Å². The highest BCUT2D eigenvalue weighted by Crippen LogP contribution is 2.19. The number of nitro groups is 1. The average molecular weight is 155 g/mol. The first-order valence-electron chi connectivity index (χ1n) is 3.26. The van der Waals surface area contributed by atoms with E-state index in [0.29, 0.717) is 0 Å². The second-order valence-electron chi connectivity index (χ2n) is 2.25. The van der Waals surface area contributed by atoms with Gasteiger partial charge in [0.1, 0.15) is 0 Å². The van der Waals surface area contributed by atoms with Gasteiger partial charge in [-0.15, -0.1) is 0 Å². The van der Waals surface area contributed by atoms with Crippen LogP contribution in [0.1, 0.15) is 6.42 Å². The van der Waals surface area contributed by atoms with Gasteiger partial charge in [-0.1, -0.05) is 12.2 Å². The predicted molar refractivity (Wildman–Crippen MR) is 39.6 cm³/mol. The summed E-state index contributed by atoms with van der Waals surface area (Å²) in [4.78, 5) is 10.0. The van der Waals surface area contributed by atoms with Crippen LogP contribution in [0.4, 0.5) is 0 Å². The van der Waals surface area contributed by atoms with Gasteiger partial charge in [0.05, 0.1) is 4.92 Å². The van der Waals surface area contributed by atoms with Gasteiger partial charge in [0.15, 0.2) is 0 Å². The van der Waals surface area contributed by atoms with Gasteiger partial charge in [-0.2, -0.15) is 0 Å². The minimum atomic E-state index is -1.42. The molecule has 1 aliphatic carbocycles. The van der Waals surface area contributed by atoms with Crippen LogP contribution in [-0.4, -0.2) is 17.8 Å². The predicted octanol–water partition coefficient (Wildman–Crippen LogP) is 1.12. The van der Waals surface area contributed by atoms with Crippen molar-refractivity contribution in [3.8, 4) is 0 Å².